The fourth-order valence-corrected chi connectivity index (χ4v) is 1.91. The van der Waals surface area contributed by atoms with Crippen LogP contribution in [0.3, 0.4) is 0 Å². The number of hydrogen-bond donors (Lipinski definition) is 2. The van der Waals surface area contributed by atoms with Crippen LogP contribution in [0.2, 0.25) is 0 Å². The number of aliphatic carboxylic acids is 1. The van der Waals surface area contributed by atoms with Crippen LogP contribution < -0.4 is 4.72 Å². The van der Waals surface area contributed by atoms with Gasteiger partial charge in [-0.05, 0) is 26.0 Å². The Bertz CT molecular complexity index is 565. The van der Waals surface area contributed by atoms with Gasteiger partial charge in [0.2, 0.25) is 0 Å². The average molecular weight is 322 g/mol. The Kier molecular flexibility index (Phi) is 5.90. The van der Waals surface area contributed by atoms with Gasteiger partial charge in [0.05, 0.1) is 5.60 Å². The Balaban J connectivity index is 3.01. The molecule has 0 bridgehead atoms. The zero-order valence-electron chi connectivity index (χ0n) is 11.3. The summed E-state index contributed by atoms with van der Waals surface area (Å²) < 4.78 is 55.5. The lowest BCUT2D eigenvalue weighted by atomic mass is 9.95. The molecule has 1 aromatic rings. The summed E-state index contributed by atoms with van der Waals surface area (Å²) in [5, 5.41) is 8.55. The average Bonchev–Trinajstić information content (AvgIpc) is 2.36. The number of hydrogen-bond acceptors (Lipinski definition) is 4. The Morgan fingerprint density at radius 1 is 1.43 bits per heavy atom. The minimum absolute atomic E-state index is 0.159. The van der Waals surface area contributed by atoms with Crippen LogP contribution in [0.25, 0.3) is 0 Å². The topological polar surface area (TPSA) is 98.7 Å². The summed E-state index contributed by atoms with van der Waals surface area (Å²) in [4.78, 5) is 10.5. The van der Waals surface area contributed by atoms with Gasteiger partial charge < -0.3 is 14.4 Å². The third-order valence-corrected chi connectivity index (χ3v) is 3.10. The van der Waals surface area contributed by atoms with Crippen molar-refractivity contribution in [3.05, 3.63) is 34.9 Å². The van der Waals surface area contributed by atoms with Gasteiger partial charge in [-0.25, -0.2) is 18.3 Å². The quantitative estimate of drug-likeness (QED) is 0.735. The highest BCUT2D eigenvalue weighted by atomic mass is 32.2. The molecule has 0 heterocycles. The van der Waals surface area contributed by atoms with E-state index in [-0.39, 0.29) is 11.1 Å². The third-order valence-electron chi connectivity index (χ3n) is 2.72. The molecule has 0 amide bonds. The second-order valence-corrected chi connectivity index (χ2v) is 5.43. The van der Waals surface area contributed by atoms with Crippen molar-refractivity contribution < 1.29 is 32.2 Å². The first-order chi connectivity index (χ1) is 9.63. The molecule has 1 aromatic carbocycles. The molecule has 2 N–H and O–H groups in total. The number of benzene rings is 1. The lowest BCUT2D eigenvalue weighted by Gasteiger charge is -2.26. The molecule has 0 radical (unpaired) electrons. The van der Waals surface area contributed by atoms with Crippen LogP contribution in [-0.4, -0.2) is 26.4 Å². The highest BCUT2D eigenvalue weighted by Crippen LogP contribution is 2.29. The van der Waals surface area contributed by atoms with Gasteiger partial charge in [-0.15, -0.1) is 0 Å². The summed E-state index contributed by atoms with van der Waals surface area (Å²) in [5.74, 6) is -2.88. The Labute approximate surface area is 122 Å². The van der Waals surface area contributed by atoms with Gasteiger partial charge in [0, 0.05) is 28.9 Å². The van der Waals surface area contributed by atoms with Crippen LogP contribution in [0.1, 0.15) is 25.0 Å². The lowest BCUT2D eigenvalue weighted by Crippen LogP contribution is -2.27. The molecule has 118 valence electrons. The fraction of sp³-hybridized carbons (Fsp3) is 0.417. The van der Waals surface area contributed by atoms with Crippen molar-refractivity contribution in [3.8, 4) is 0 Å². The standard InChI is InChI=1S/C12H15F2NO5S/c1-12(2,20-6-11(16)17)8-4-9(13)7(3-10(8)14)5-15-21(18)19/h3-4,15H,5-6H2,1-2H3,(H,16,17)(H,18,19)/p-1. The van der Waals surface area contributed by atoms with Gasteiger partial charge in [-0.1, -0.05) is 0 Å². The molecule has 6 nitrogen and oxygen atoms in total. The SMILES string of the molecule is CC(C)(OCC(=O)O)c1cc(F)c(CNS(=O)[O-])cc1F. The van der Waals surface area contributed by atoms with E-state index in [4.69, 9.17) is 9.84 Å². The summed E-state index contributed by atoms with van der Waals surface area (Å²) in [6.45, 7) is 1.75. The Hall–Kier alpha value is -1.42. The van der Waals surface area contributed by atoms with Crippen LogP contribution in [0.4, 0.5) is 8.78 Å². The monoisotopic (exact) mass is 322 g/mol. The molecule has 21 heavy (non-hydrogen) atoms. The molecule has 0 fully saturated rings. The molecule has 0 aliphatic rings. The smallest absolute Gasteiger partial charge is 0.329 e. The van der Waals surface area contributed by atoms with Gasteiger partial charge in [0.15, 0.2) is 0 Å². The maximum Gasteiger partial charge on any atom is 0.329 e. The number of carbonyl (C=O) groups is 1. The molecule has 0 aromatic heterocycles. The molecular formula is C12H14F2NO5S-. The molecule has 1 rings (SSSR count). The first-order valence-corrected chi connectivity index (χ1v) is 6.88. The predicted molar refractivity (Wildman–Crippen MR) is 68.7 cm³/mol. The zero-order chi connectivity index (χ0) is 16.2. The molecule has 0 saturated heterocycles. The molecule has 1 unspecified atom stereocenters. The maximum atomic E-state index is 14.0. The van der Waals surface area contributed by atoms with Gasteiger partial charge in [0.1, 0.15) is 18.2 Å². The summed E-state index contributed by atoms with van der Waals surface area (Å²) in [6, 6.07) is 1.71. The number of ether oxygens (including phenoxy) is 1. The minimum atomic E-state index is -2.59. The van der Waals surface area contributed by atoms with E-state index >= 15 is 0 Å². The molecule has 0 aliphatic heterocycles. The van der Waals surface area contributed by atoms with Crippen LogP contribution in [-0.2, 0) is 32.9 Å². The molecule has 0 spiro atoms. The first kappa shape index (κ1) is 17.6. The van der Waals surface area contributed by atoms with E-state index in [1.54, 1.807) is 0 Å². The molecule has 9 heteroatoms. The second-order valence-electron chi connectivity index (χ2n) is 4.67. The second kappa shape index (κ2) is 7.03. The fourth-order valence-electron chi connectivity index (χ4n) is 1.64. The van der Waals surface area contributed by atoms with Gasteiger partial charge >= 0.3 is 5.97 Å². The third kappa shape index (κ3) is 5.12. The normalized spacial score (nSPS) is 13.2. The van der Waals surface area contributed by atoms with Gasteiger partial charge in [-0.2, -0.15) is 0 Å². The number of carboxylic acid groups (broad SMARTS) is 1. The van der Waals surface area contributed by atoms with Crippen molar-refractivity contribution in [3.63, 3.8) is 0 Å². The summed E-state index contributed by atoms with van der Waals surface area (Å²) in [7, 11) is 0. The maximum absolute atomic E-state index is 14.0. The van der Waals surface area contributed by atoms with E-state index in [1.807, 2.05) is 4.72 Å². The van der Waals surface area contributed by atoms with E-state index in [2.05, 4.69) is 0 Å². The highest BCUT2D eigenvalue weighted by Gasteiger charge is 2.27. The summed E-state index contributed by atoms with van der Waals surface area (Å²) in [5.41, 5.74) is -1.68. The van der Waals surface area contributed by atoms with E-state index in [0.717, 1.165) is 12.1 Å². The largest absolute Gasteiger partial charge is 0.760 e. The van der Waals surface area contributed by atoms with Crippen molar-refractivity contribution in [1.29, 1.82) is 0 Å². The van der Waals surface area contributed by atoms with E-state index in [0.29, 0.717) is 0 Å². The van der Waals surface area contributed by atoms with E-state index in [1.165, 1.54) is 13.8 Å². The van der Waals surface area contributed by atoms with Crippen molar-refractivity contribution in [2.24, 2.45) is 0 Å². The number of rotatable bonds is 7. The molecule has 1 atom stereocenters. The van der Waals surface area contributed by atoms with Crippen LogP contribution in [0.5, 0.6) is 0 Å². The summed E-state index contributed by atoms with van der Waals surface area (Å²) in [6.07, 6.45) is 0. The lowest BCUT2D eigenvalue weighted by molar-refractivity contribution is -0.148. The van der Waals surface area contributed by atoms with Crippen molar-refractivity contribution in [2.75, 3.05) is 6.61 Å². The first-order valence-electron chi connectivity index (χ1n) is 5.80. The van der Waals surface area contributed by atoms with Crippen LogP contribution in [0.15, 0.2) is 12.1 Å². The number of halogens is 2. The van der Waals surface area contributed by atoms with Gasteiger partial charge in [-0.3, -0.25) is 4.21 Å². The Morgan fingerprint density at radius 2 is 2.05 bits per heavy atom. The summed E-state index contributed by atoms with van der Waals surface area (Å²) >= 11 is -2.59. The van der Waals surface area contributed by atoms with Gasteiger partial charge in [0.25, 0.3) is 0 Å². The molecular weight excluding hydrogens is 308 g/mol. The van der Waals surface area contributed by atoms with Crippen molar-refractivity contribution in [1.82, 2.24) is 4.72 Å². The molecule has 0 aliphatic carbocycles. The highest BCUT2D eigenvalue weighted by molar-refractivity contribution is 7.77. The Morgan fingerprint density at radius 3 is 2.57 bits per heavy atom. The predicted octanol–water partition coefficient (Wildman–Crippen LogP) is 1.18. The molecule has 0 saturated carbocycles. The van der Waals surface area contributed by atoms with Crippen molar-refractivity contribution >= 4 is 17.2 Å². The minimum Gasteiger partial charge on any atom is -0.760 e. The number of carboxylic acids is 1. The van der Waals surface area contributed by atoms with Crippen LogP contribution in [0, 0.1) is 11.6 Å². The number of nitrogens with one attached hydrogen (secondary N) is 1. The van der Waals surface area contributed by atoms with Crippen LogP contribution >= 0.6 is 0 Å². The zero-order valence-corrected chi connectivity index (χ0v) is 12.1. The van der Waals surface area contributed by atoms with E-state index < -0.39 is 47.6 Å². The van der Waals surface area contributed by atoms with E-state index in [9.17, 15) is 22.3 Å². The van der Waals surface area contributed by atoms with Crippen molar-refractivity contribution in [2.45, 2.75) is 26.0 Å².